The lowest BCUT2D eigenvalue weighted by Crippen LogP contribution is -2.43. The number of piperidine rings is 1. The van der Waals surface area contributed by atoms with Crippen molar-refractivity contribution < 1.29 is 9.47 Å². The lowest BCUT2D eigenvalue weighted by molar-refractivity contribution is 0.193. The van der Waals surface area contributed by atoms with Crippen molar-refractivity contribution in [3.63, 3.8) is 0 Å². The fourth-order valence-corrected chi connectivity index (χ4v) is 3.88. The van der Waals surface area contributed by atoms with Gasteiger partial charge in [0.25, 0.3) is 0 Å². The number of hydrogen-bond donors (Lipinski definition) is 1. The van der Waals surface area contributed by atoms with Gasteiger partial charge < -0.3 is 19.7 Å². The topological polar surface area (TPSA) is 33.7 Å². The summed E-state index contributed by atoms with van der Waals surface area (Å²) in [6.07, 6.45) is 3.51. The monoisotopic (exact) mass is 368 g/mol. The first-order valence-electron chi connectivity index (χ1n) is 9.94. The highest BCUT2D eigenvalue weighted by atomic mass is 16.5. The Morgan fingerprint density at radius 2 is 1.78 bits per heavy atom. The second kappa shape index (κ2) is 9.77. The Hall–Kier alpha value is -2.04. The number of hydrogen-bond acceptors (Lipinski definition) is 4. The molecule has 3 rings (SSSR count). The van der Waals surface area contributed by atoms with E-state index in [1.165, 1.54) is 18.4 Å². The molecule has 0 amide bonds. The maximum absolute atomic E-state index is 5.54. The molecule has 0 aromatic heterocycles. The zero-order valence-electron chi connectivity index (χ0n) is 16.8. The van der Waals surface area contributed by atoms with Crippen molar-refractivity contribution in [2.75, 3.05) is 33.9 Å². The molecule has 4 heteroatoms. The lowest BCUT2D eigenvalue weighted by atomic mass is 10.0. The Balaban J connectivity index is 1.49. The van der Waals surface area contributed by atoms with Crippen molar-refractivity contribution in [3.05, 3.63) is 59.7 Å². The molecule has 27 heavy (non-hydrogen) atoms. The van der Waals surface area contributed by atoms with Gasteiger partial charge in [-0.15, -0.1) is 0 Å². The van der Waals surface area contributed by atoms with E-state index in [1.807, 2.05) is 12.1 Å². The minimum atomic E-state index is 0.232. The van der Waals surface area contributed by atoms with Crippen LogP contribution in [-0.2, 0) is 6.42 Å². The summed E-state index contributed by atoms with van der Waals surface area (Å²) in [5.74, 6) is 1.78. The van der Waals surface area contributed by atoms with Crippen LogP contribution in [0.5, 0.6) is 11.5 Å². The van der Waals surface area contributed by atoms with Crippen molar-refractivity contribution in [3.8, 4) is 11.5 Å². The molecule has 1 atom stereocenters. The second-order valence-electron chi connectivity index (χ2n) is 7.35. The minimum absolute atomic E-state index is 0.232. The molecular formula is C23H32N2O2. The van der Waals surface area contributed by atoms with Gasteiger partial charge in [-0.25, -0.2) is 0 Å². The summed E-state index contributed by atoms with van der Waals surface area (Å²) in [4.78, 5) is 2.59. The van der Waals surface area contributed by atoms with Gasteiger partial charge in [-0.05, 0) is 63.0 Å². The van der Waals surface area contributed by atoms with Gasteiger partial charge in [0.15, 0.2) is 0 Å². The molecule has 1 fully saturated rings. The fraction of sp³-hybridized carbons (Fsp3) is 0.478. The van der Waals surface area contributed by atoms with Crippen molar-refractivity contribution in [2.24, 2.45) is 0 Å². The average Bonchev–Trinajstić information content (AvgIpc) is 2.73. The van der Waals surface area contributed by atoms with Crippen molar-refractivity contribution in [1.82, 2.24) is 10.2 Å². The van der Waals surface area contributed by atoms with Gasteiger partial charge >= 0.3 is 0 Å². The Bertz CT molecular complexity index is 697. The quantitative estimate of drug-likeness (QED) is 0.762. The van der Waals surface area contributed by atoms with Crippen LogP contribution >= 0.6 is 0 Å². The molecule has 1 unspecified atom stereocenters. The highest BCUT2D eigenvalue weighted by Gasteiger charge is 2.22. The number of likely N-dealkylation sites (tertiary alicyclic amines) is 1. The van der Waals surface area contributed by atoms with Crippen LogP contribution in [0.15, 0.2) is 48.5 Å². The van der Waals surface area contributed by atoms with E-state index in [2.05, 4.69) is 53.5 Å². The maximum atomic E-state index is 5.54. The van der Waals surface area contributed by atoms with E-state index in [-0.39, 0.29) is 6.04 Å². The van der Waals surface area contributed by atoms with Crippen molar-refractivity contribution in [1.29, 1.82) is 0 Å². The molecule has 2 aromatic carbocycles. The van der Waals surface area contributed by atoms with Crippen LogP contribution < -0.4 is 14.8 Å². The van der Waals surface area contributed by atoms with Gasteiger partial charge in [0.05, 0.1) is 14.2 Å². The Labute approximate surface area is 163 Å². The number of methoxy groups -OCH3 is 2. The van der Waals surface area contributed by atoms with E-state index in [0.29, 0.717) is 6.04 Å². The summed E-state index contributed by atoms with van der Waals surface area (Å²) in [6.45, 7) is 5.67. The molecule has 0 spiro atoms. The molecule has 2 aromatic rings. The summed E-state index contributed by atoms with van der Waals surface area (Å²) in [7, 11) is 3.43. The highest BCUT2D eigenvalue weighted by Crippen LogP contribution is 2.30. The molecule has 146 valence electrons. The predicted molar refractivity (Wildman–Crippen MR) is 111 cm³/mol. The third-order valence-corrected chi connectivity index (χ3v) is 5.54. The largest absolute Gasteiger partial charge is 0.497 e. The van der Waals surface area contributed by atoms with E-state index >= 15 is 0 Å². The van der Waals surface area contributed by atoms with Crippen LogP contribution in [0, 0.1) is 0 Å². The van der Waals surface area contributed by atoms with Gasteiger partial charge in [-0.3, -0.25) is 0 Å². The smallest absolute Gasteiger partial charge is 0.123 e. The molecule has 0 bridgehead atoms. The number of nitrogens with zero attached hydrogens (tertiary/aromatic N) is 1. The van der Waals surface area contributed by atoms with Crippen LogP contribution in [-0.4, -0.2) is 44.8 Å². The van der Waals surface area contributed by atoms with Gasteiger partial charge in [-0.1, -0.05) is 30.3 Å². The maximum Gasteiger partial charge on any atom is 0.123 e. The summed E-state index contributed by atoms with van der Waals surface area (Å²) in [5, 5.41) is 3.79. The molecule has 0 saturated carbocycles. The molecule has 1 N–H and O–H groups in total. The number of rotatable bonds is 8. The van der Waals surface area contributed by atoms with Crippen molar-refractivity contribution in [2.45, 2.75) is 38.3 Å². The van der Waals surface area contributed by atoms with Crippen LogP contribution in [0.1, 0.15) is 36.9 Å². The zero-order valence-corrected chi connectivity index (χ0v) is 16.8. The number of ether oxygens (including phenoxy) is 2. The molecular weight excluding hydrogens is 336 g/mol. The first-order chi connectivity index (χ1) is 13.2. The van der Waals surface area contributed by atoms with Crippen LogP contribution in [0.2, 0.25) is 0 Å². The van der Waals surface area contributed by atoms with E-state index in [0.717, 1.165) is 43.1 Å². The second-order valence-corrected chi connectivity index (χ2v) is 7.35. The third kappa shape index (κ3) is 5.47. The Morgan fingerprint density at radius 1 is 1.04 bits per heavy atom. The van der Waals surface area contributed by atoms with E-state index in [9.17, 15) is 0 Å². The SMILES string of the molecule is COc1ccc(OC)c(C(C)NC2CCN(CCc3ccccc3)CC2)c1. The standard InChI is InChI=1S/C23H32N2O2/c1-18(22-17-21(26-2)9-10-23(22)27-3)24-20-12-15-25(16-13-20)14-11-19-7-5-4-6-8-19/h4-10,17-18,20,24H,11-16H2,1-3H3. The summed E-state index contributed by atoms with van der Waals surface area (Å²) >= 11 is 0. The Morgan fingerprint density at radius 3 is 2.44 bits per heavy atom. The molecule has 0 aliphatic carbocycles. The summed E-state index contributed by atoms with van der Waals surface area (Å²) in [5.41, 5.74) is 2.58. The predicted octanol–water partition coefficient (Wildman–Crippen LogP) is 4.06. The van der Waals surface area contributed by atoms with Gasteiger partial charge in [0.2, 0.25) is 0 Å². The number of nitrogens with one attached hydrogen (secondary N) is 1. The lowest BCUT2D eigenvalue weighted by Gasteiger charge is -2.34. The van der Waals surface area contributed by atoms with Crippen LogP contribution in [0.3, 0.4) is 0 Å². The molecule has 4 nitrogen and oxygen atoms in total. The first kappa shape index (κ1) is 19.7. The van der Waals surface area contributed by atoms with Crippen LogP contribution in [0.25, 0.3) is 0 Å². The molecule has 1 aliphatic rings. The summed E-state index contributed by atoms with van der Waals surface area (Å²) in [6, 6.07) is 17.6. The van der Waals surface area contributed by atoms with E-state index < -0.39 is 0 Å². The van der Waals surface area contributed by atoms with Crippen molar-refractivity contribution >= 4 is 0 Å². The number of benzene rings is 2. The third-order valence-electron chi connectivity index (χ3n) is 5.54. The molecule has 1 saturated heterocycles. The van der Waals surface area contributed by atoms with E-state index in [4.69, 9.17) is 9.47 Å². The van der Waals surface area contributed by atoms with Crippen LogP contribution in [0.4, 0.5) is 0 Å². The average molecular weight is 369 g/mol. The first-order valence-corrected chi connectivity index (χ1v) is 9.94. The Kier molecular flexibility index (Phi) is 7.13. The fourth-order valence-electron chi connectivity index (χ4n) is 3.88. The molecule has 0 radical (unpaired) electrons. The molecule has 1 aliphatic heterocycles. The highest BCUT2D eigenvalue weighted by molar-refractivity contribution is 5.42. The normalized spacial score (nSPS) is 16.9. The zero-order chi connectivity index (χ0) is 19.1. The minimum Gasteiger partial charge on any atom is -0.497 e. The summed E-state index contributed by atoms with van der Waals surface area (Å²) < 4.78 is 10.9. The van der Waals surface area contributed by atoms with Gasteiger partial charge in [0, 0.05) is 24.2 Å². The molecule has 1 heterocycles. The van der Waals surface area contributed by atoms with E-state index in [1.54, 1.807) is 14.2 Å². The van der Waals surface area contributed by atoms with Gasteiger partial charge in [-0.2, -0.15) is 0 Å². The van der Waals surface area contributed by atoms with Gasteiger partial charge in [0.1, 0.15) is 11.5 Å².